The molecular weight excluding hydrogens is 308 g/mol. The maximum absolute atomic E-state index is 12.1. The van der Waals surface area contributed by atoms with E-state index in [9.17, 15) is 9.59 Å². The minimum Gasteiger partial charge on any atom is -0.370 e. The van der Waals surface area contributed by atoms with Crippen molar-refractivity contribution in [3.63, 3.8) is 0 Å². The lowest BCUT2D eigenvalue weighted by Gasteiger charge is -2.24. The van der Waals surface area contributed by atoms with Crippen molar-refractivity contribution in [2.24, 2.45) is 5.73 Å². The molecule has 6 heteroatoms. The van der Waals surface area contributed by atoms with Crippen LogP contribution in [0.1, 0.15) is 25.8 Å². The minimum atomic E-state index is -0.646. The number of hydrogen-bond donors (Lipinski definition) is 2. The molecular formula is C15H17ClN2O2S. The van der Waals surface area contributed by atoms with Crippen molar-refractivity contribution in [1.29, 1.82) is 0 Å². The first-order valence-electron chi connectivity index (χ1n) is 6.52. The Morgan fingerprint density at radius 1 is 1.38 bits per heavy atom. The van der Waals surface area contributed by atoms with Crippen LogP contribution in [0.2, 0.25) is 5.02 Å². The standard InChI is InChI=1S/C15H17ClN2O2S/c1-15(2,7-13(17)19)18-14(20)5-9-8-21-12-4-3-10(16)6-11(9)12/h3-4,6,8H,5,7H2,1-2H3,(H2,17,19)(H,18,20). The number of carbonyl (C=O) groups is 2. The highest BCUT2D eigenvalue weighted by Gasteiger charge is 2.23. The van der Waals surface area contributed by atoms with Crippen molar-refractivity contribution in [1.82, 2.24) is 5.32 Å². The quantitative estimate of drug-likeness (QED) is 0.887. The molecule has 2 aromatic rings. The summed E-state index contributed by atoms with van der Waals surface area (Å²) in [6.07, 6.45) is 0.359. The first-order chi connectivity index (χ1) is 9.77. The number of nitrogens with two attached hydrogens (primary N) is 1. The van der Waals surface area contributed by atoms with Gasteiger partial charge in [-0.1, -0.05) is 11.6 Å². The molecule has 2 amide bonds. The molecule has 2 rings (SSSR count). The molecule has 21 heavy (non-hydrogen) atoms. The monoisotopic (exact) mass is 324 g/mol. The number of fused-ring (bicyclic) bond motifs is 1. The van der Waals surface area contributed by atoms with E-state index >= 15 is 0 Å². The fourth-order valence-electron chi connectivity index (χ4n) is 2.27. The molecule has 0 aliphatic heterocycles. The predicted octanol–water partition coefficient (Wildman–Crippen LogP) is 2.87. The van der Waals surface area contributed by atoms with Gasteiger partial charge < -0.3 is 11.1 Å². The van der Waals surface area contributed by atoms with Crippen molar-refractivity contribution in [3.05, 3.63) is 34.2 Å². The Morgan fingerprint density at radius 2 is 2.10 bits per heavy atom. The van der Waals surface area contributed by atoms with Gasteiger partial charge in [-0.2, -0.15) is 0 Å². The molecule has 1 aromatic heterocycles. The van der Waals surface area contributed by atoms with E-state index < -0.39 is 11.4 Å². The molecule has 0 saturated carbocycles. The Labute approximate surface area is 132 Å². The van der Waals surface area contributed by atoms with Crippen LogP contribution in [0, 0.1) is 0 Å². The summed E-state index contributed by atoms with van der Waals surface area (Å²) in [6, 6.07) is 5.64. The van der Waals surface area contributed by atoms with E-state index in [4.69, 9.17) is 17.3 Å². The molecule has 0 saturated heterocycles. The first kappa shape index (κ1) is 15.8. The average Bonchev–Trinajstić information content (AvgIpc) is 2.69. The number of thiophene rings is 1. The van der Waals surface area contributed by atoms with Crippen LogP contribution >= 0.6 is 22.9 Å². The molecule has 0 radical (unpaired) electrons. The van der Waals surface area contributed by atoms with Crippen LogP contribution < -0.4 is 11.1 Å². The molecule has 0 unspecified atom stereocenters. The maximum atomic E-state index is 12.1. The van der Waals surface area contributed by atoms with E-state index in [1.807, 2.05) is 23.6 Å². The number of nitrogens with one attached hydrogen (secondary N) is 1. The van der Waals surface area contributed by atoms with E-state index in [-0.39, 0.29) is 18.7 Å². The normalized spacial score (nSPS) is 11.6. The van der Waals surface area contributed by atoms with Gasteiger partial charge in [0.25, 0.3) is 0 Å². The molecule has 3 N–H and O–H groups in total. The van der Waals surface area contributed by atoms with E-state index in [1.165, 1.54) is 0 Å². The van der Waals surface area contributed by atoms with Gasteiger partial charge in [-0.05, 0) is 48.4 Å². The molecule has 112 valence electrons. The van der Waals surface area contributed by atoms with Gasteiger partial charge in [0.1, 0.15) is 0 Å². The molecule has 0 spiro atoms. The fraction of sp³-hybridized carbons (Fsp3) is 0.333. The zero-order valence-corrected chi connectivity index (χ0v) is 13.5. The summed E-state index contributed by atoms with van der Waals surface area (Å²) in [5.74, 6) is -0.575. The highest BCUT2D eigenvalue weighted by Crippen LogP contribution is 2.29. The first-order valence-corrected chi connectivity index (χ1v) is 7.77. The third-order valence-electron chi connectivity index (χ3n) is 3.06. The highest BCUT2D eigenvalue weighted by molar-refractivity contribution is 7.17. The maximum Gasteiger partial charge on any atom is 0.224 e. The molecule has 1 heterocycles. The van der Waals surface area contributed by atoms with Crippen LogP contribution in [0.25, 0.3) is 10.1 Å². The van der Waals surface area contributed by atoms with Crippen LogP contribution in [0.15, 0.2) is 23.6 Å². The number of amides is 2. The Morgan fingerprint density at radius 3 is 2.76 bits per heavy atom. The smallest absolute Gasteiger partial charge is 0.224 e. The summed E-state index contributed by atoms with van der Waals surface area (Å²) < 4.78 is 1.10. The zero-order valence-electron chi connectivity index (χ0n) is 11.9. The Bertz CT molecular complexity index is 694. The van der Waals surface area contributed by atoms with Crippen molar-refractivity contribution >= 4 is 44.8 Å². The lowest BCUT2D eigenvalue weighted by Crippen LogP contribution is -2.46. The van der Waals surface area contributed by atoms with Crippen molar-refractivity contribution in [2.75, 3.05) is 0 Å². The molecule has 0 aliphatic rings. The highest BCUT2D eigenvalue weighted by atomic mass is 35.5. The van der Waals surface area contributed by atoms with E-state index in [0.717, 1.165) is 15.6 Å². The second-order valence-electron chi connectivity index (χ2n) is 5.65. The van der Waals surface area contributed by atoms with Gasteiger partial charge in [0.05, 0.1) is 6.42 Å². The number of halogens is 1. The topological polar surface area (TPSA) is 72.2 Å². The van der Waals surface area contributed by atoms with Crippen molar-refractivity contribution in [3.8, 4) is 0 Å². The van der Waals surface area contributed by atoms with Crippen molar-refractivity contribution < 1.29 is 9.59 Å². The lowest BCUT2D eigenvalue weighted by atomic mass is 9.99. The second kappa shape index (κ2) is 6.03. The Hall–Kier alpha value is -1.59. The van der Waals surface area contributed by atoms with Gasteiger partial charge in [-0.15, -0.1) is 11.3 Å². The van der Waals surface area contributed by atoms with Crippen LogP contribution in [-0.4, -0.2) is 17.4 Å². The van der Waals surface area contributed by atoms with E-state index in [1.54, 1.807) is 25.2 Å². The third kappa shape index (κ3) is 4.19. The summed E-state index contributed by atoms with van der Waals surface area (Å²) in [5, 5.41) is 6.44. The summed E-state index contributed by atoms with van der Waals surface area (Å²) in [5.41, 5.74) is 5.47. The fourth-order valence-corrected chi connectivity index (χ4v) is 3.38. The van der Waals surface area contributed by atoms with Gasteiger partial charge in [0, 0.05) is 21.7 Å². The summed E-state index contributed by atoms with van der Waals surface area (Å²) in [6.45, 7) is 3.55. The van der Waals surface area contributed by atoms with E-state index in [0.29, 0.717) is 5.02 Å². The van der Waals surface area contributed by atoms with E-state index in [2.05, 4.69) is 5.32 Å². The SMILES string of the molecule is CC(C)(CC(N)=O)NC(=O)Cc1csc2ccc(Cl)cc12. The number of benzene rings is 1. The van der Waals surface area contributed by atoms with Crippen molar-refractivity contribution in [2.45, 2.75) is 32.2 Å². The van der Waals surface area contributed by atoms with Gasteiger partial charge in [-0.3, -0.25) is 9.59 Å². The minimum absolute atomic E-state index is 0.106. The molecule has 0 aliphatic carbocycles. The molecule has 4 nitrogen and oxygen atoms in total. The van der Waals surface area contributed by atoms with Gasteiger partial charge in [-0.25, -0.2) is 0 Å². The number of carbonyl (C=O) groups excluding carboxylic acids is 2. The summed E-state index contributed by atoms with van der Waals surface area (Å²) in [7, 11) is 0. The summed E-state index contributed by atoms with van der Waals surface area (Å²) in [4.78, 5) is 23.1. The molecule has 0 atom stereocenters. The average molecular weight is 325 g/mol. The van der Waals surface area contributed by atoms with Crippen LogP contribution in [0.5, 0.6) is 0 Å². The second-order valence-corrected chi connectivity index (χ2v) is 7.00. The predicted molar refractivity (Wildman–Crippen MR) is 86.6 cm³/mol. The molecule has 0 bridgehead atoms. The van der Waals surface area contributed by atoms with Crippen LogP contribution in [0.3, 0.4) is 0 Å². The number of hydrogen-bond acceptors (Lipinski definition) is 3. The largest absolute Gasteiger partial charge is 0.370 e. The number of primary amides is 1. The Balaban J connectivity index is 2.11. The third-order valence-corrected chi connectivity index (χ3v) is 4.31. The molecule has 1 aromatic carbocycles. The van der Waals surface area contributed by atoms with Crippen LogP contribution in [0.4, 0.5) is 0 Å². The summed E-state index contributed by atoms with van der Waals surface area (Å²) >= 11 is 7.58. The van der Waals surface area contributed by atoms with Gasteiger partial charge in [0.2, 0.25) is 11.8 Å². The molecule has 0 fully saturated rings. The van der Waals surface area contributed by atoms with Crippen LogP contribution in [-0.2, 0) is 16.0 Å². The van der Waals surface area contributed by atoms with Gasteiger partial charge in [0.15, 0.2) is 0 Å². The number of rotatable bonds is 5. The zero-order chi connectivity index (χ0) is 15.6. The lowest BCUT2D eigenvalue weighted by molar-refractivity contribution is -0.123. The Kier molecular flexibility index (Phi) is 4.54. The van der Waals surface area contributed by atoms with Gasteiger partial charge >= 0.3 is 0 Å².